The van der Waals surface area contributed by atoms with E-state index in [1.54, 1.807) is 11.1 Å². The van der Waals surface area contributed by atoms with Crippen LogP contribution in [0.5, 0.6) is 0 Å². The lowest BCUT2D eigenvalue weighted by Gasteiger charge is -2.17. The fraction of sp³-hybridized carbons (Fsp3) is 0.714. The van der Waals surface area contributed by atoms with E-state index in [1.165, 1.54) is 51.4 Å². The Bertz CT molecular complexity index is 252. The van der Waals surface area contributed by atoms with Crippen LogP contribution in [0.4, 0.5) is 0 Å². The summed E-state index contributed by atoms with van der Waals surface area (Å²) in [5, 5.41) is 0. The molecule has 0 N–H and O–H groups in total. The maximum absolute atomic E-state index is 2.60. The molecule has 0 saturated heterocycles. The van der Waals surface area contributed by atoms with Gasteiger partial charge in [0.2, 0.25) is 0 Å². The second-order valence-electron chi connectivity index (χ2n) is 5.21. The predicted octanol–water partition coefficient (Wildman–Crippen LogP) is 4.23. The Morgan fingerprint density at radius 2 is 1.29 bits per heavy atom. The summed E-state index contributed by atoms with van der Waals surface area (Å²) in [5.41, 5.74) is 3.60. The predicted molar refractivity (Wildman–Crippen MR) is 60.1 cm³/mol. The Labute approximate surface area is 87.1 Å². The molecule has 14 heavy (non-hydrogen) atoms. The maximum atomic E-state index is 2.60. The van der Waals surface area contributed by atoms with Crippen LogP contribution >= 0.6 is 0 Å². The molecule has 0 spiro atoms. The summed E-state index contributed by atoms with van der Waals surface area (Å²) in [7, 11) is 0. The Hall–Kier alpha value is -0.520. The quantitative estimate of drug-likeness (QED) is 0.499. The van der Waals surface area contributed by atoms with E-state index < -0.39 is 0 Å². The van der Waals surface area contributed by atoms with Gasteiger partial charge in [-0.25, -0.2) is 0 Å². The summed E-state index contributed by atoms with van der Waals surface area (Å²) in [6.45, 7) is 0. The van der Waals surface area contributed by atoms with Crippen LogP contribution in [-0.4, -0.2) is 0 Å². The van der Waals surface area contributed by atoms with Gasteiger partial charge in [0.1, 0.15) is 0 Å². The molecule has 0 nitrogen and oxygen atoms in total. The minimum atomic E-state index is 0.934. The first-order valence-electron chi connectivity index (χ1n) is 6.31. The van der Waals surface area contributed by atoms with Crippen LogP contribution in [0.1, 0.15) is 51.4 Å². The van der Waals surface area contributed by atoms with E-state index in [1.807, 2.05) is 0 Å². The van der Waals surface area contributed by atoms with Gasteiger partial charge in [0.05, 0.1) is 0 Å². The highest BCUT2D eigenvalue weighted by Crippen LogP contribution is 2.41. The zero-order valence-corrected chi connectivity index (χ0v) is 8.97. The molecule has 0 aliphatic heterocycles. The summed E-state index contributed by atoms with van der Waals surface area (Å²) in [5.74, 6) is 1.87. The largest absolute Gasteiger partial charge is 0.0844 e. The second kappa shape index (κ2) is 3.56. The third-order valence-electron chi connectivity index (χ3n) is 4.41. The third kappa shape index (κ3) is 1.45. The minimum absolute atomic E-state index is 0.934. The van der Waals surface area contributed by atoms with E-state index in [9.17, 15) is 0 Å². The van der Waals surface area contributed by atoms with Gasteiger partial charge in [0, 0.05) is 0 Å². The Morgan fingerprint density at radius 1 is 0.786 bits per heavy atom. The number of allylic oxidation sites excluding steroid dienone is 4. The van der Waals surface area contributed by atoms with Gasteiger partial charge in [-0.2, -0.15) is 0 Å². The van der Waals surface area contributed by atoms with Gasteiger partial charge in [-0.1, -0.05) is 23.3 Å². The Morgan fingerprint density at radius 3 is 1.79 bits per heavy atom. The molecule has 0 bridgehead atoms. The van der Waals surface area contributed by atoms with Crippen molar-refractivity contribution in [3.63, 3.8) is 0 Å². The van der Waals surface area contributed by atoms with E-state index in [0.717, 1.165) is 11.8 Å². The molecule has 3 rings (SSSR count). The van der Waals surface area contributed by atoms with Gasteiger partial charge >= 0.3 is 0 Å². The molecule has 0 amide bonds. The molecule has 2 unspecified atom stereocenters. The van der Waals surface area contributed by atoms with Crippen LogP contribution in [0.2, 0.25) is 0 Å². The van der Waals surface area contributed by atoms with E-state index in [2.05, 4.69) is 12.2 Å². The van der Waals surface area contributed by atoms with E-state index in [0.29, 0.717) is 0 Å². The van der Waals surface area contributed by atoms with E-state index >= 15 is 0 Å². The first-order valence-corrected chi connectivity index (χ1v) is 6.31. The van der Waals surface area contributed by atoms with Gasteiger partial charge in [-0.05, 0) is 63.2 Å². The number of fused-ring (bicyclic) bond motifs is 2. The lowest BCUT2D eigenvalue weighted by molar-refractivity contribution is 0.588. The van der Waals surface area contributed by atoms with Crippen molar-refractivity contribution in [3.05, 3.63) is 23.3 Å². The standard InChI is InChI=1S/C14H20/c1-3-11-7-9-13-5-2-6-14(13)10-8-12(11)4-1/h7,10,12-13H,1-6,8-9H2/b11-7-,14-10-. The van der Waals surface area contributed by atoms with Crippen LogP contribution in [-0.2, 0) is 0 Å². The van der Waals surface area contributed by atoms with Crippen LogP contribution in [0.25, 0.3) is 0 Å². The van der Waals surface area contributed by atoms with Gasteiger partial charge in [-0.15, -0.1) is 0 Å². The fourth-order valence-electron chi connectivity index (χ4n) is 3.55. The number of hydrogen-bond donors (Lipinski definition) is 0. The van der Waals surface area contributed by atoms with Crippen LogP contribution < -0.4 is 0 Å². The molecule has 0 aromatic heterocycles. The zero-order valence-electron chi connectivity index (χ0n) is 8.97. The molecule has 0 aromatic carbocycles. The molecule has 2 atom stereocenters. The molecular formula is C14H20. The molecule has 2 saturated carbocycles. The molecule has 0 heterocycles. The average Bonchev–Trinajstić information content (AvgIpc) is 2.75. The van der Waals surface area contributed by atoms with Crippen LogP contribution in [0.15, 0.2) is 23.3 Å². The number of hydrogen-bond acceptors (Lipinski definition) is 0. The SMILES string of the molecule is C1=C2/CCCC2C/C=C2/CCCC2C/1. The zero-order chi connectivity index (χ0) is 9.38. The van der Waals surface area contributed by atoms with Crippen molar-refractivity contribution in [1.82, 2.24) is 0 Å². The molecule has 0 heteroatoms. The normalized spacial score (nSPS) is 44.0. The summed E-state index contributed by atoms with van der Waals surface area (Å²) in [6, 6.07) is 0. The van der Waals surface area contributed by atoms with Gasteiger partial charge in [-0.3, -0.25) is 0 Å². The number of rotatable bonds is 0. The highest BCUT2D eigenvalue weighted by atomic mass is 14.3. The lowest BCUT2D eigenvalue weighted by Crippen LogP contribution is -2.03. The average molecular weight is 188 g/mol. The Balaban J connectivity index is 1.84. The van der Waals surface area contributed by atoms with Crippen LogP contribution in [0, 0.1) is 11.8 Å². The van der Waals surface area contributed by atoms with Crippen molar-refractivity contribution in [2.45, 2.75) is 51.4 Å². The molecular weight excluding hydrogens is 168 g/mol. The van der Waals surface area contributed by atoms with Gasteiger partial charge in [0.15, 0.2) is 0 Å². The first kappa shape index (κ1) is 8.76. The summed E-state index contributed by atoms with van der Waals surface area (Å²) >= 11 is 0. The van der Waals surface area contributed by atoms with Crippen molar-refractivity contribution < 1.29 is 0 Å². The van der Waals surface area contributed by atoms with E-state index in [4.69, 9.17) is 0 Å². The molecule has 0 radical (unpaired) electrons. The Kier molecular flexibility index (Phi) is 2.23. The summed E-state index contributed by atoms with van der Waals surface area (Å²) in [6.07, 6.45) is 16.5. The van der Waals surface area contributed by atoms with Crippen molar-refractivity contribution in [2.75, 3.05) is 0 Å². The molecule has 0 aromatic rings. The smallest absolute Gasteiger partial charge is 0.0168 e. The highest BCUT2D eigenvalue weighted by Gasteiger charge is 2.25. The third-order valence-corrected chi connectivity index (χ3v) is 4.41. The molecule has 3 aliphatic carbocycles. The van der Waals surface area contributed by atoms with Crippen molar-refractivity contribution >= 4 is 0 Å². The molecule has 76 valence electrons. The monoisotopic (exact) mass is 188 g/mol. The highest BCUT2D eigenvalue weighted by molar-refractivity contribution is 5.21. The molecule has 2 fully saturated rings. The summed E-state index contributed by atoms with van der Waals surface area (Å²) in [4.78, 5) is 0. The molecule has 3 aliphatic rings. The maximum Gasteiger partial charge on any atom is -0.0168 e. The second-order valence-corrected chi connectivity index (χ2v) is 5.21. The van der Waals surface area contributed by atoms with Gasteiger partial charge in [0.25, 0.3) is 0 Å². The van der Waals surface area contributed by atoms with Crippen molar-refractivity contribution in [2.24, 2.45) is 11.8 Å². The van der Waals surface area contributed by atoms with Crippen LogP contribution in [0.3, 0.4) is 0 Å². The fourth-order valence-corrected chi connectivity index (χ4v) is 3.55. The first-order chi connectivity index (χ1) is 6.93. The lowest BCUT2D eigenvalue weighted by atomic mass is 9.88. The minimum Gasteiger partial charge on any atom is -0.0844 e. The topological polar surface area (TPSA) is 0 Å². The van der Waals surface area contributed by atoms with Crippen molar-refractivity contribution in [1.29, 1.82) is 0 Å². The van der Waals surface area contributed by atoms with Crippen molar-refractivity contribution in [3.8, 4) is 0 Å². The summed E-state index contributed by atoms with van der Waals surface area (Å²) < 4.78 is 0. The van der Waals surface area contributed by atoms with Gasteiger partial charge < -0.3 is 0 Å². The van der Waals surface area contributed by atoms with E-state index in [-0.39, 0.29) is 0 Å².